The molecule has 1 heterocycles. The van der Waals surface area contributed by atoms with Gasteiger partial charge in [0.05, 0.1) is 18.4 Å². The summed E-state index contributed by atoms with van der Waals surface area (Å²) in [4.78, 5) is 3.10. The van der Waals surface area contributed by atoms with Crippen molar-refractivity contribution in [3.63, 3.8) is 0 Å². The van der Waals surface area contributed by atoms with E-state index in [1.54, 1.807) is 0 Å². The van der Waals surface area contributed by atoms with E-state index in [1.807, 2.05) is 0 Å². The van der Waals surface area contributed by atoms with Crippen LogP contribution in [-0.4, -0.2) is 21.6 Å². The SMILES string of the molecule is OCc1c(O)cnc(OC(F)(F)F)c1CF. The first kappa shape index (κ1) is 12.5. The molecule has 90 valence electrons. The average Bonchev–Trinajstić information content (AvgIpc) is 2.18. The fourth-order valence-corrected chi connectivity index (χ4v) is 1.07. The molecule has 0 spiro atoms. The molecule has 0 aliphatic carbocycles. The molecule has 0 amide bonds. The van der Waals surface area contributed by atoms with Crippen LogP contribution in [0.3, 0.4) is 0 Å². The van der Waals surface area contributed by atoms with Crippen molar-refractivity contribution in [2.75, 3.05) is 0 Å². The van der Waals surface area contributed by atoms with Crippen LogP contribution in [-0.2, 0) is 13.3 Å². The maximum atomic E-state index is 12.5. The molecule has 0 bridgehead atoms. The van der Waals surface area contributed by atoms with Gasteiger partial charge in [-0.1, -0.05) is 0 Å². The second kappa shape index (κ2) is 4.52. The molecule has 0 fully saturated rings. The molecule has 2 N–H and O–H groups in total. The zero-order chi connectivity index (χ0) is 12.3. The van der Waals surface area contributed by atoms with Crippen molar-refractivity contribution >= 4 is 0 Å². The zero-order valence-corrected chi connectivity index (χ0v) is 7.75. The smallest absolute Gasteiger partial charge is 0.506 e. The lowest BCUT2D eigenvalue weighted by atomic mass is 10.1. The van der Waals surface area contributed by atoms with Crippen LogP contribution in [0.15, 0.2) is 6.20 Å². The highest BCUT2D eigenvalue weighted by Gasteiger charge is 2.33. The van der Waals surface area contributed by atoms with E-state index in [9.17, 15) is 17.6 Å². The third-order valence-electron chi connectivity index (χ3n) is 1.74. The Morgan fingerprint density at radius 2 is 1.94 bits per heavy atom. The van der Waals surface area contributed by atoms with Gasteiger partial charge < -0.3 is 14.9 Å². The van der Waals surface area contributed by atoms with Crippen LogP contribution in [0.5, 0.6) is 11.6 Å². The first-order chi connectivity index (χ1) is 7.39. The second-order valence-electron chi connectivity index (χ2n) is 2.75. The summed E-state index contributed by atoms with van der Waals surface area (Å²) in [5.41, 5.74) is -1.00. The molecular weight excluding hydrogens is 234 g/mol. The summed E-state index contributed by atoms with van der Waals surface area (Å²) in [5, 5.41) is 17.9. The summed E-state index contributed by atoms with van der Waals surface area (Å²) < 4.78 is 51.6. The van der Waals surface area contributed by atoms with Crippen molar-refractivity contribution in [1.82, 2.24) is 4.98 Å². The monoisotopic (exact) mass is 241 g/mol. The van der Waals surface area contributed by atoms with Gasteiger partial charge in [-0.15, -0.1) is 13.2 Å². The highest BCUT2D eigenvalue weighted by molar-refractivity contribution is 5.42. The Morgan fingerprint density at radius 1 is 1.31 bits per heavy atom. The summed E-state index contributed by atoms with van der Waals surface area (Å²) in [7, 11) is 0. The lowest BCUT2D eigenvalue weighted by Gasteiger charge is -2.13. The van der Waals surface area contributed by atoms with Crippen LogP contribution < -0.4 is 4.74 Å². The number of hydrogen-bond acceptors (Lipinski definition) is 4. The summed E-state index contributed by atoms with van der Waals surface area (Å²) >= 11 is 0. The predicted octanol–water partition coefficient (Wildman–Crippen LogP) is 1.65. The lowest BCUT2D eigenvalue weighted by molar-refractivity contribution is -0.276. The number of nitrogens with zero attached hydrogens (tertiary/aromatic N) is 1. The summed E-state index contributed by atoms with van der Waals surface area (Å²) in [6.45, 7) is -2.16. The maximum Gasteiger partial charge on any atom is 0.574 e. The van der Waals surface area contributed by atoms with E-state index < -0.39 is 36.8 Å². The van der Waals surface area contributed by atoms with Crippen molar-refractivity contribution in [2.45, 2.75) is 19.6 Å². The van der Waals surface area contributed by atoms with Gasteiger partial charge in [0.1, 0.15) is 12.4 Å². The van der Waals surface area contributed by atoms with Crippen LogP contribution >= 0.6 is 0 Å². The molecule has 0 unspecified atom stereocenters. The molecule has 0 aliphatic heterocycles. The minimum atomic E-state index is -5.01. The molecule has 16 heavy (non-hydrogen) atoms. The van der Waals surface area contributed by atoms with Gasteiger partial charge in [0, 0.05) is 5.56 Å². The van der Waals surface area contributed by atoms with Crippen LogP contribution in [0.2, 0.25) is 0 Å². The van der Waals surface area contributed by atoms with E-state index in [2.05, 4.69) is 9.72 Å². The van der Waals surface area contributed by atoms with Gasteiger partial charge in [0.25, 0.3) is 0 Å². The lowest BCUT2D eigenvalue weighted by Crippen LogP contribution is -2.19. The largest absolute Gasteiger partial charge is 0.574 e. The Kier molecular flexibility index (Phi) is 3.53. The number of hydrogen-bond donors (Lipinski definition) is 2. The van der Waals surface area contributed by atoms with E-state index in [-0.39, 0.29) is 5.56 Å². The predicted molar refractivity (Wildman–Crippen MR) is 43.3 cm³/mol. The fraction of sp³-hybridized carbons (Fsp3) is 0.375. The Labute approximate surface area is 87.1 Å². The first-order valence-corrected chi connectivity index (χ1v) is 4.01. The molecule has 0 atom stereocenters. The number of halogens is 4. The maximum absolute atomic E-state index is 12.5. The van der Waals surface area contributed by atoms with Gasteiger partial charge in [-0.05, 0) is 0 Å². The molecule has 0 aromatic carbocycles. The normalized spacial score (nSPS) is 11.6. The van der Waals surface area contributed by atoms with Crippen molar-refractivity contribution in [1.29, 1.82) is 0 Å². The number of aromatic nitrogens is 1. The van der Waals surface area contributed by atoms with Gasteiger partial charge >= 0.3 is 6.36 Å². The average molecular weight is 241 g/mol. The molecule has 0 saturated carbocycles. The summed E-state index contributed by atoms with van der Waals surface area (Å²) in [6.07, 6.45) is -4.37. The van der Waals surface area contributed by atoms with Crippen molar-refractivity contribution in [2.24, 2.45) is 0 Å². The van der Waals surface area contributed by atoms with E-state index in [4.69, 9.17) is 10.2 Å². The Bertz CT molecular complexity index is 380. The van der Waals surface area contributed by atoms with E-state index >= 15 is 0 Å². The molecule has 0 radical (unpaired) electrons. The van der Waals surface area contributed by atoms with Crippen molar-refractivity contribution in [3.8, 4) is 11.6 Å². The van der Waals surface area contributed by atoms with Gasteiger partial charge in [-0.3, -0.25) is 0 Å². The number of pyridine rings is 1. The zero-order valence-electron chi connectivity index (χ0n) is 7.75. The molecule has 4 nitrogen and oxygen atoms in total. The number of aliphatic hydroxyl groups excluding tert-OH is 1. The molecule has 0 saturated heterocycles. The van der Waals surface area contributed by atoms with Crippen LogP contribution in [0.1, 0.15) is 11.1 Å². The quantitative estimate of drug-likeness (QED) is 0.790. The molecule has 8 heteroatoms. The molecular formula is C8H7F4NO3. The summed E-state index contributed by atoms with van der Waals surface area (Å²) in [5.74, 6) is -1.61. The Balaban J connectivity index is 3.19. The van der Waals surface area contributed by atoms with E-state index in [0.717, 1.165) is 0 Å². The second-order valence-corrected chi connectivity index (χ2v) is 2.75. The van der Waals surface area contributed by atoms with Crippen LogP contribution in [0, 0.1) is 0 Å². The fourth-order valence-electron chi connectivity index (χ4n) is 1.07. The van der Waals surface area contributed by atoms with E-state index in [0.29, 0.717) is 6.20 Å². The van der Waals surface area contributed by atoms with Crippen molar-refractivity contribution < 1.29 is 32.5 Å². The number of alkyl halides is 4. The van der Waals surface area contributed by atoms with Crippen LogP contribution in [0.25, 0.3) is 0 Å². The van der Waals surface area contributed by atoms with Crippen molar-refractivity contribution in [3.05, 3.63) is 17.3 Å². The van der Waals surface area contributed by atoms with Gasteiger partial charge in [-0.2, -0.15) is 0 Å². The Morgan fingerprint density at radius 3 is 2.38 bits per heavy atom. The third kappa shape index (κ3) is 2.72. The number of aliphatic hydroxyl groups is 1. The molecule has 1 aromatic rings. The Hall–Kier alpha value is -1.57. The molecule has 1 aromatic heterocycles. The standard InChI is InChI=1S/C8H7F4NO3/c9-1-4-5(3-14)6(15)2-13-7(4)16-8(10,11)12/h2,14-15H,1,3H2. The van der Waals surface area contributed by atoms with Crippen LogP contribution in [0.4, 0.5) is 17.6 Å². The topological polar surface area (TPSA) is 62.6 Å². The third-order valence-corrected chi connectivity index (χ3v) is 1.74. The number of rotatable bonds is 3. The number of aromatic hydroxyl groups is 1. The molecule has 1 rings (SSSR count). The minimum Gasteiger partial charge on any atom is -0.506 e. The highest BCUT2D eigenvalue weighted by atomic mass is 19.4. The highest BCUT2D eigenvalue weighted by Crippen LogP contribution is 2.31. The van der Waals surface area contributed by atoms with Gasteiger partial charge in [-0.25, -0.2) is 9.37 Å². The minimum absolute atomic E-state index is 0.378. The number of ether oxygens (including phenoxy) is 1. The van der Waals surface area contributed by atoms with Gasteiger partial charge in [0.2, 0.25) is 5.88 Å². The van der Waals surface area contributed by atoms with Gasteiger partial charge in [0.15, 0.2) is 0 Å². The van der Waals surface area contributed by atoms with E-state index in [1.165, 1.54) is 0 Å². The summed E-state index contributed by atoms with van der Waals surface area (Å²) in [6, 6.07) is 0. The first-order valence-electron chi connectivity index (χ1n) is 4.01. The molecule has 0 aliphatic rings.